The van der Waals surface area contributed by atoms with Crippen LogP contribution in [-0.4, -0.2) is 10.9 Å². The summed E-state index contributed by atoms with van der Waals surface area (Å²) in [6.07, 6.45) is 4.16. The van der Waals surface area contributed by atoms with Crippen molar-refractivity contribution in [2.24, 2.45) is 0 Å². The van der Waals surface area contributed by atoms with Crippen molar-refractivity contribution in [2.75, 3.05) is 0 Å². The van der Waals surface area contributed by atoms with Gasteiger partial charge in [0.1, 0.15) is 0 Å². The molecule has 2 aromatic rings. The van der Waals surface area contributed by atoms with Crippen molar-refractivity contribution in [3.63, 3.8) is 0 Å². The largest absolute Gasteiger partial charge is 0.346 e. The van der Waals surface area contributed by atoms with E-state index in [0.717, 1.165) is 22.7 Å². The van der Waals surface area contributed by atoms with Crippen LogP contribution in [0.4, 0.5) is 0 Å². The first-order chi connectivity index (χ1) is 10.1. The highest BCUT2D eigenvalue weighted by atomic mass is 32.1. The summed E-state index contributed by atoms with van der Waals surface area (Å²) < 4.78 is 0. The Labute approximate surface area is 129 Å². The molecule has 110 valence electrons. The molecule has 0 aliphatic carbocycles. The Bertz CT molecular complexity index is 628. The molecule has 1 unspecified atom stereocenters. The van der Waals surface area contributed by atoms with Gasteiger partial charge in [0.2, 0.25) is 5.91 Å². The van der Waals surface area contributed by atoms with Crippen molar-refractivity contribution < 1.29 is 4.79 Å². The molecule has 1 N–H and O–H groups in total. The number of nitrogens with one attached hydrogen (secondary N) is 1. The summed E-state index contributed by atoms with van der Waals surface area (Å²) in [6.45, 7) is 6.08. The third-order valence-electron chi connectivity index (χ3n) is 3.25. The molecule has 3 nitrogen and oxygen atoms in total. The van der Waals surface area contributed by atoms with Gasteiger partial charge in [-0.3, -0.25) is 4.79 Å². The summed E-state index contributed by atoms with van der Waals surface area (Å²) in [5, 5.41) is 5.97. The van der Waals surface area contributed by atoms with E-state index in [1.807, 2.05) is 12.3 Å². The minimum absolute atomic E-state index is 0.0416. The summed E-state index contributed by atoms with van der Waals surface area (Å²) in [6, 6.07) is 8.31. The molecule has 0 bridgehead atoms. The second-order valence-electron chi connectivity index (χ2n) is 5.00. The van der Waals surface area contributed by atoms with Crippen LogP contribution < -0.4 is 5.32 Å². The lowest BCUT2D eigenvalue weighted by molar-refractivity contribution is -0.117. The number of aryl methyl sites for hydroxylation is 2. The van der Waals surface area contributed by atoms with E-state index in [9.17, 15) is 4.79 Å². The van der Waals surface area contributed by atoms with Crippen LogP contribution in [0.1, 0.15) is 41.2 Å². The molecular formula is C17H20N2OS. The smallest absolute Gasteiger partial charge is 0.244 e. The molecule has 1 atom stereocenters. The van der Waals surface area contributed by atoms with Crippen molar-refractivity contribution in [1.29, 1.82) is 0 Å². The van der Waals surface area contributed by atoms with Gasteiger partial charge in [0, 0.05) is 11.5 Å². The number of hydrogen-bond acceptors (Lipinski definition) is 3. The summed E-state index contributed by atoms with van der Waals surface area (Å²) >= 11 is 1.58. The number of amides is 1. The number of carbonyl (C=O) groups is 1. The maximum Gasteiger partial charge on any atom is 0.244 e. The summed E-state index contributed by atoms with van der Waals surface area (Å²) in [4.78, 5) is 16.3. The molecule has 21 heavy (non-hydrogen) atoms. The Hall–Kier alpha value is -1.94. The van der Waals surface area contributed by atoms with Gasteiger partial charge in [-0.05, 0) is 31.9 Å². The summed E-state index contributed by atoms with van der Waals surface area (Å²) in [7, 11) is 0. The number of rotatable bonds is 5. The molecule has 0 spiro atoms. The van der Waals surface area contributed by atoms with Gasteiger partial charge in [0.25, 0.3) is 0 Å². The molecule has 0 radical (unpaired) electrons. The Morgan fingerprint density at radius 3 is 2.62 bits per heavy atom. The summed E-state index contributed by atoms with van der Waals surface area (Å²) in [5.74, 6) is -0.0897. The van der Waals surface area contributed by atoms with Crippen molar-refractivity contribution in [3.05, 3.63) is 57.6 Å². The van der Waals surface area contributed by atoms with Gasteiger partial charge in [-0.1, -0.05) is 36.8 Å². The first kappa shape index (κ1) is 15.4. The topological polar surface area (TPSA) is 42.0 Å². The van der Waals surface area contributed by atoms with E-state index < -0.39 is 0 Å². The normalized spacial score (nSPS) is 12.5. The highest BCUT2D eigenvalue weighted by Crippen LogP contribution is 2.17. The van der Waals surface area contributed by atoms with Gasteiger partial charge < -0.3 is 5.32 Å². The third-order valence-corrected chi connectivity index (χ3v) is 4.04. The van der Waals surface area contributed by atoms with E-state index in [-0.39, 0.29) is 11.9 Å². The Morgan fingerprint density at radius 2 is 2.05 bits per heavy atom. The van der Waals surface area contributed by atoms with Gasteiger partial charge in [0.15, 0.2) is 0 Å². The van der Waals surface area contributed by atoms with E-state index >= 15 is 0 Å². The Kier molecular flexibility index (Phi) is 5.28. The van der Waals surface area contributed by atoms with Crippen molar-refractivity contribution >= 4 is 23.3 Å². The van der Waals surface area contributed by atoms with Crippen LogP contribution in [0.25, 0.3) is 6.08 Å². The minimum Gasteiger partial charge on any atom is -0.346 e. The summed E-state index contributed by atoms with van der Waals surface area (Å²) in [5.41, 5.74) is 3.18. The second-order valence-corrected chi connectivity index (χ2v) is 6.07. The average molecular weight is 300 g/mol. The van der Waals surface area contributed by atoms with Crippen LogP contribution in [-0.2, 0) is 4.79 Å². The molecule has 0 saturated carbocycles. The number of thiazole rings is 1. The monoisotopic (exact) mass is 300 g/mol. The number of aromatic nitrogens is 1. The highest BCUT2D eigenvalue weighted by molar-refractivity contribution is 7.09. The highest BCUT2D eigenvalue weighted by Gasteiger charge is 2.10. The zero-order chi connectivity index (χ0) is 15.2. The lowest BCUT2D eigenvalue weighted by Crippen LogP contribution is -2.26. The fourth-order valence-electron chi connectivity index (χ4n) is 2.06. The van der Waals surface area contributed by atoms with Gasteiger partial charge in [-0.2, -0.15) is 0 Å². The van der Waals surface area contributed by atoms with Crippen molar-refractivity contribution in [2.45, 2.75) is 33.2 Å². The maximum atomic E-state index is 12.0. The second kappa shape index (κ2) is 7.18. The molecule has 1 aromatic heterocycles. The molecule has 4 heteroatoms. The molecule has 1 heterocycles. The van der Waals surface area contributed by atoms with Crippen LogP contribution in [0.2, 0.25) is 0 Å². The molecule has 2 rings (SSSR count). The predicted octanol–water partition coefficient (Wildman–Crippen LogP) is 4.04. The fourth-order valence-corrected chi connectivity index (χ4v) is 2.64. The van der Waals surface area contributed by atoms with Gasteiger partial charge in [-0.15, -0.1) is 11.3 Å². The standard InChI is InChI=1S/C17H20N2OS/c1-4-16(14-7-5-12(2)6-8-14)19-17(20)10-9-15-11-21-13(3)18-15/h5-11,16H,4H2,1-3H3,(H,19,20)/b10-9+. The molecular weight excluding hydrogens is 280 g/mol. The fraction of sp³-hybridized carbons (Fsp3) is 0.294. The minimum atomic E-state index is -0.0897. The first-order valence-corrected chi connectivity index (χ1v) is 7.93. The lowest BCUT2D eigenvalue weighted by atomic mass is 10.0. The van der Waals surface area contributed by atoms with Crippen LogP contribution >= 0.6 is 11.3 Å². The van der Waals surface area contributed by atoms with Crippen LogP contribution in [0.15, 0.2) is 35.7 Å². The van der Waals surface area contributed by atoms with Gasteiger partial charge in [-0.25, -0.2) is 4.98 Å². The lowest BCUT2D eigenvalue weighted by Gasteiger charge is -2.16. The maximum absolute atomic E-state index is 12.0. The zero-order valence-electron chi connectivity index (χ0n) is 12.6. The first-order valence-electron chi connectivity index (χ1n) is 7.05. The van der Waals surface area contributed by atoms with Crippen molar-refractivity contribution in [3.8, 4) is 0 Å². The van der Waals surface area contributed by atoms with Crippen LogP contribution in [0.3, 0.4) is 0 Å². The molecule has 0 aliphatic heterocycles. The van der Waals surface area contributed by atoms with E-state index in [0.29, 0.717) is 0 Å². The SMILES string of the molecule is CCC(NC(=O)/C=C/c1csc(C)n1)c1ccc(C)cc1. The van der Waals surface area contributed by atoms with Crippen LogP contribution in [0.5, 0.6) is 0 Å². The van der Waals surface area contributed by atoms with E-state index in [2.05, 4.69) is 48.4 Å². The quantitative estimate of drug-likeness (QED) is 0.847. The molecule has 0 fully saturated rings. The van der Waals surface area contributed by atoms with E-state index in [1.165, 1.54) is 5.56 Å². The number of hydrogen-bond donors (Lipinski definition) is 1. The molecule has 1 aromatic carbocycles. The molecule has 0 aliphatic rings. The van der Waals surface area contributed by atoms with Gasteiger partial charge >= 0.3 is 0 Å². The number of nitrogens with zero attached hydrogens (tertiary/aromatic N) is 1. The molecule has 1 amide bonds. The number of benzene rings is 1. The van der Waals surface area contributed by atoms with Crippen LogP contribution in [0, 0.1) is 13.8 Å². The Balaban J connectivity index is 1.99. The third kappa shape index (κ3) is 4.53. The predicted molar refractivity (Wildman–Crippen MR) is 88.2 cm³/mol. The van der Waals surface area contributed by atoms with Crippen molar-refractivity contribution in [1.82, 2.24) is 10.3 Å². The zero-order valence-corrected chi connectivity index (χ0v) is 13.4. The average Bonchev–Trinajstić information content (AvgIpc) is 2.89. The van der Waals surface area contributed by atoms with Gasteiger partial charge in [0.05, 0.1) is 16.7 Å². The van der Waals surface area contributed by atoms with E-state index in [4.69, 9.17) is 0 Å². The van der Waals surface area contributed by atoms with E-state index in [1.54, 1.807) is 23.5 Å². The Morgan fingerprint density at radius 1 is 1.33 bits per heavy atom. The number of carbonyl (C=O) groups excluding carboxylic acids is 1. The molecule has 0 saturated heterocycles.